The third kappa shape index (κ3) is 3.51. The molecule has 5 nitrogen and oxygen atoms in total. The maximum absolute atomic E-state index is 12.6. The fraction of sp³-hybridized carbons (Fsp3) is 0.647. The number of hydrogen-bond acceptors (Lipinski definition) is 3. The van der Waals surface area contributed by atoms with Crippen LogP contribution in [0.3, 0.4) is 0 Å². The smallest absolute Gasteiger partial charge is 0.339 e. The van der Waals surface area contributed by atoms with Gasteiger partial charge in [-0.25, -0.2) is 4.79 Å². The van der Waals surface area contributed by atoms with Crippen LogP contribution in [0.4, 0.5) is 0 Å². The van der Waals surface area contributed by atoms with Crippen LogP contribution in [0, 0.1) is 5.92 Å². The minimum Gasteiger partial charge on any atom is -0.478 e. The molecule has 2 rings (SSSR count). The Morgan fingerprint density at radius 1 is 1.45 bits per heavy atom. The van der Waals surface area contributed by atoms with Crippen LogP contribution in [0.25, 0.3) is 0 Å². The molecule has 1 unspecified atom stereocenters. The average molecular weight is 307 g/mol. The van der Waals surface area contributed by atoms with Gasteiger partial charge in [0.25, 0.3) is 5.91 Å². The van der Waals surface area contributed by atoms with E-state index in [1.54, 1.807) is 0 Å². The molecule has 1 amide bonds. The third-order valence-corrected chi connectivity index (χ3v) is 4.29. The van der Waals surface area contributed by atoms with Gasteiger partial charge in [-0.15, -0.1) is 0 Å². The second-order valence-electron chi connectivity index (χ2n) is 6.37. The SMILES string of the molecule is CCc1oc(C(=O)N2CCCC2CCC(C)C)cc1C(=O)O. The van der Waals surface area contributed by atoms with Crippen molar-refractivity contribution in [3.8, 4) is 0 Å². The second-order valence-corrected chi connectivity index (χ2v) is 6.37. The summed E-state index contributed by atoms with van der Waals surface area (Å²) < 4.78 is 5.50. The molecule has 2 heterocycles. The van der Waals surface area contributed by atoms with E-state index in [4.69, 9.17) is 9.52 Å². The first-order valence-electron chi connectivity index (χ1n) is 8.11. The van der Waals surface area contributed by atoms with Crippen LogP contribution in [-0.4, -0.2) is 34.5 Å². The Morgan fingerprint density at radius 2 is 2.18 bits per heavy atom. The van der Waals surface area contributed by atoms with Crippen molar-refractivity contribution in [2.24, 2.45) is 5.92 Å². The molecule has 1 atom stereocenters. The first-order chi connectivity index (χ1) is 10.4. The largest absolute Gasteiger partial charge is 0.478 e. The van der Waals surface area contributed by atoms with Crippen LogP contribution in [-0.2, 0) is 6.42 Å². The van der Waals surface area contributed by atoms with Gasteiger partial charge in [0.05, 0.1) is 0 Å². The van der Waals surface area contributed by atoms with Gasteiger partial charge in [-0.05, 0) is 31.6 Å². The maximum atomic E-state index is 12.6. The summed E-state index contributed by atoms with van der Waals surface area (Å²) in [6.07, 6.45) is 4.57. The predicted molar refractivity (Wildman–Crippen MR) is 83.2 cm³/mol. The number of hydrogen-bond donors (Lipinski definition) is 1. The van der Waals surface area contributed by atoms with E-state index in [0.717, 1.165) is 32.2 Å². The highest BCUT2D eigenvalue weighted by Gasteiger charge is 2.32. The number of nitrogens with zero attached hydrogens (tertiary/aromatic N) is 1. The van der Waals surface area contributed by atoms with Crippen molar-refractivity contribution >= 4 is 11.9 Å². The number of carboxylic acids is 1. The van der Waals surface area contributed by atoms with Gasteiger partial charge in [0, 0.05) is 25.1 Å². The summed E-state index contributed by atoms with van der Waals surface area (Å²) in [7, 11) is 0. The molecular weight excluding hydrogens is 282 g/mol. The van der Waals surface area contributed by atoms with Crippen molar-refractivity contribution in [2.75, 3.05) is 6.54 Å². The molecule has 1 aromatic rings. The number of furan rings is 1. The Balaban J connectivity index is 2.14. The van der Waals surface area contributed by atoms with Gasteiger partial charge in [-0.1, -0.05) is 20.8 Å². The number of aromatic carboxylic acids is 1. The Bertz CT molecular complexity index is 547. The zero-order valence-corrected chi connectivity index (χ0v) is 13.6. The topological polar surface area (TPSA) is 70.8 Å². The number of carbonyl (C=O) groups is 2. The minimum absolute atomic E-state index is 0.101. The summed E-state index contributed by atoms with van der Waals surface area (Å²) in [6.45, 7) is 6.91. The molecule has 0 radical (unpaired) electrons. The van der Waals surface area contributed by atoms with Gasteiger partial charge in [0.2, 0.25) is 0 Å². The van der Waals surface area contributed by atoms with Gasteiger partial charge in [-0.3, -0.25) is 4.79 Å². The highest BCUT2D eigenvalue weighted by molar-refractivity contribution is 5.96. The Morgan fingerprint density at radius 3 is 2.73 bits per heavy atom. The maximum Gasteiger partial charge on any atom is 0.339 e. The molecule has 5 heteroatoms. The molecule has 1 N–H and O–H groups in total. The van der Waals surface area contributed by atoms with E-state index in [2.05, 4.69) is 13.8 Å². The standard InChI is InChI=1S/C17H25NO4/c1-4-14-13(17(20)21)10-15(22-14)16(19)18-9-5-6-12(18)8-7-11(2)3/h10-12H,4-9H2,1-3H3,(H,20,21). The molecule has 1 aliphatic heterocycles. The predicted octanol–water partition coefficient (Wildman–Crippen LogP) is 3.58. The van der Waals surface area contributed by atoms with Crippen molar-refractivity contribution in [3.05, 3.63) is 23.2 Å². The lowest BCUT2D eigenvalue weighted by Crippen LogP contribution is -2.35. The summed E-state index contributed by atoms with van der Waals surface area (Å²) in [5.41, 5.74) is 0.101. The number of aryl methyl sites for hydroxylation is 1. The fourth-order valence-corrected chi connectivity index (χ4v) is 3.05. The zero-order valence-electron chi connectivity index (χ0n) is 13.6. The van der Waals surface area contributed by atoms with Gasteiger partial charge >= 0.3 is 5.97 Å². The summed E-state index contributed by atoms with van der Waals surface area (Å²) >= 11 is 0. The molecule has 22 heavy (non-hydrogen) atoms. The van der Waals surface area contributed by atoms with E-state index in [1.807, 2.05) is 11.8 Å². The van der Waals surface area contributed by atoms with Gasteiger partial charge in [0.1, 0.15) is 11.3 Å². The molecule has 0 saturated carbocycles. The zero-order chi connectivity index (χ0) is 16.3. The van der Waals surface area contributed by atoms with Gasteiger partial charge < -0.3 is 14.4 Å². The third-order valence-electron chi connectivity index (χ3n) is 4.29. The van der Waals surface area contributed by atoms with Crippen LogP contribution >= 0.6 is 0 Å². The van der Waals surface area contributed by atoms with E-state index in [-0.39, 0.29) is 23.3 Å². The van der Waals surface area contributed by atoms with Crippen molar-refractivity contribution in [1.29, 1.82) is 0 Å². The summed E-state index contributed by atoms with van der Waals surface area (Å²) in [5, 5.41) is 9.17. The number of carboxylic acid groups (broad SMARTS) is 1. The lowest BCUT2D eigenvalue weighted by Gasteiger charge is -2.24. The molecule has 0 bridgehead atoms. The molecule has 0 aromatic carbocycles. The Labute approximate surface area is 131 Å². The van der Waals surface area contributed by atoms with Gasteiger partial charge in [0.15, 0.2) is 5.76 Å². The Hall–Kier alpha value is -1.78. The molecule has 1 aromatic heterocycles. The van der Waals surface area contributed by atoms with E-state index < -0.39 is 5.97 Å². The van der Waals surface area contributed by atoms with Gasteiger partial charge in [-0.2, -0.15) is 0 Å². The summed E-state index contributed by atoms with van der Waals surface area (Å²) in [4.78, 5) is 25.7. The monoisotopic (exact) mass is 307 g/mol. The minimum atomic E-state index is -1.04. The van der Waals surface area contributed by atoms with Crippen molar-refractivity contribution in [2.45, 2.75) is 58.9 Å². The van der Waals surface area contributed by atoms with Crippen LogP contribution in [0.2, 0.25) is 0 Å². The van der Waals surface area contributed by atoms with E-state index in [9.17, 15) is 9.59 Å². The molecule has 1 saturated heterocycles. The highest BCUT2D eigenvalue weighted by Crippen LogP contribution is 2.26. The van der Waals surface area contributed by atoms with Crippen molar-refractivity contribution in [3.63, 3.8) is 0 Å². The molecule has 122 valence electrons. The first-order valence-corrected chi connectivity index (χ1v) is 8.11. The lowest BCUT2D eigenvalue weighted by atomic mass is 10.0. The van der Waals surface area contributed by atoms with Crippen LogP contribution in [0.1, 0.15) is 73.1 Å². The highest BCUT2D eigenvalue weighted by atomic mass is 16.4. The summed E-state index contributed by atoms with van der Waals surface area (Å²) in [6, 6.07) is 1.62. The second kappa shape index (κ2) is 6.99. The number of carbonyl (C=O) groups excluding carboxylic acids is 1. The number of rotatable bonds is 6. The van der Waals surface area contributed by atoms with E-state index in [1.165, 1.54) is 6.07 Å². The Kier molecular flexibility index (Phi) is 5.27. The van der Waals surface area contributed by atoms with E-state index >= 15 is 0 Å². The number of amides is 1. The molecule has 1 aliphatic rings. The van der Waals surface area contributed by atoms with Crippen molar-refractivity contribution in [1.82, 2.24) is 4.90 Å². The quantitative estimate of drug-likeness (QED) is 0.872. The normalized spacial score (nSPS) is 18.2. The molecular formula is C17H25NO4. The van der Waals surface area contributed by atoms with Crippen LogP contribution in [0.15, 0.2) is 10.5 Å². The number of likely N-dealkylation sites (tertiary alicyclic amines) is 1. The molecule has 0 aliphatic carbocycles. The van der Waals surface area contributed by atoms with Crippen LogP contribution < -0.4 is 0 Å². The fourth-order valence-electron chi connectivity index (χ4n) is 3.05. The lowest BCUT2D eigenvalue weighted by molar-refractivity contribution is 0.0683. The van der Waals surface area contributed by atoms with Crippen molar-refractivity contribution < 1.29 is 19.1 Å². The van der Waals surface area contributed by atoms with Crippen LogP contribution in [0.5, 0.6) is 0 Å². The summed E-state index contributed by atoms with van der Waals surface area (Å²) in [5.74, 6) is -0.0724. The average Bonchev–Trinajstić information content (AvgIpc) is 3.10. The molecule has 1 fully saturated rings. The first kappa shape index (κ1) is 16.6. The van der Waals surface area contributed by atoms with E-state index in [0.29, 0.717) is 18.1 Å². The molecule has 0 spiro atoms.